The zero-order valence-electron chi connectivity index (χ0n) is 13.3. The van der Waals surface area contributed by atoms with Gasteiger partial charge in [-0.3, -0.25) is 19.9 Å². The predicted molar refractivity (Wildman–Crippen MR) is 88.0 cm³/mol. The number of piperazine rings is 1. The Bertz CT molecular complexity index is 758. The van der Waals surface area contributed by atoms with Crippen LogP contribution in [0.25, 0.3) is 0 Å². The van der Waals surface area contributed by atoms with Gasteiger partial charge in [0.25, 0.3) is 11.6 Å². The molecule has 8 nitrogen and oxygen atoms in total. The van der Waals surface area contributed by atoms with Crippen LogP contribution in [0, 0.1) is 17.0 Å². The molecule has 0 N–H and O–H groups in total. The van der Waals surface area contributed by atoms with Gasteiger partial charge in [-0.2, -0.15) is 0 Å². The minimum absolute atomic E-state index is 0.112. The molecular formula is C16H17N5O3. The molecule has 24 heavy (non-hydrogen) atoms. The Balaban J connectivity index is 1.75. The smallest absolute Gasteiger partial charge is 0.285 e. The van der Waals surface area contributed by atoms with Gasteiger partial charge in [-0.05, 0) is 13.0 Å². The average Bonchev–Trinajstić information content (AvgIpc) is 2.61. The standard InChI is InChI=1S/C16H17N5O3/c1-12-3-2-4-13(15(12)21(23)24)16(22)20-9-7-19(8-10-20)14-11-17-5-6-18-14/h2-6,11H,7-10H2,1H3. The number of benzene rings is 1. The van der Waals surface area contributed by atoms with Gasteiger partial charge in [0.15, 0.2) is 0 Å². The highest BCUT2D eigenvalue weighted by molar-refractivity contribution is 5.98. The third-order valence-electron chi connectivity index (χ3n) is 4.09. The van der Waals surface area contributed by atoms with E-state index in [1.54, 1.807) is 42.5 Å². The molecule has 1 aromatic carbocycles. The van der Waals surface area contributed by atoms with E-state index in [-0.39, 0.29) is 17.2 Å². The number of carbonyl (C=O) groups is 1. The molecule has 0 bridgehead atoms. The number of hydrogen-bond acceptors (Lipinski definition) is 6. The van der Waals surface area contributed by atoms with Gasteiger partial charge in [-0.15, -0.1) is 0 Å². The zero-order valence-corrected chi connectivity index (χ0v) is 13.3. The van der Waals surface area contributed by atoms with Crippen LogP contribution < -0.4 is 4.90 Å². The summed E-state index contributed by atoms with van der Waals surface area (Å²) in [5, 5.41) is 11.3. The first-order valence-corrected chi connectivity index (χ1v) is 7.62. The minimum Gasteiger partial charge on any atom is -0.352 e. The molecule has 1 saturated heterocycles. The van der Waals surface area contributed by atoms with Crippen molar-refractivity contribution in [3.63, 3.8) is 0 Å². The fourth-order valence-corrected chi connectivity index (χ4v) is 2.84. The summed E-state index contributed by atoms with van der Waals surface area (Å²) in [7, 11) is 0. The van der Waals surface area contributed by atoms with Crippen LogP contribution in [0.1, 0.15) is 15.9 Å². The molecular weight excluding hydrogens is 310 g/mol. The topological polar surface area (TPSA) is 92.5 Å². The molecule has 0 atom stereocenters. The number of hydrogen-bond donors (Lipinski definition) is 0. The van der Waals surface area contributed by atoms with E-state index < -0.39 is 4.92 Å². The van der Waals surface area contributed by atoms with Crippen molar-refractivity contribution in [2.24, 2.45) is 0 Å². The summed E-state index contributed by atoms with van der Waals surface area (Å²) < 4.78 is 0. The number of amides is 1. The van der Waals surface area contributed by atoms with Crippen LogP contribution in [0.2, 0.25) is 0 Å². The van der Waals surface area contributed by atoms with Crippen molar-refractivity contribution in [3.8, 4) is 0 Å². The molecule has 3 rings (SSSR count). The van der Waals surface area contributed by atoms with Crippen LogP contribution in [0.15, 0.2) is 36.8 Å². The first-order chi connectivity index (χ1) is 11.6. The van der Waals surface area contributed by atoms with Gasteiger partial charge < -0.3 is 9.80 Å². The third kappa shape index (κ3) is 3.03. The zero-order chi connectivity index (χ0) is 17.1. The van der Waals surface area contributed by atoms with Crippen LogP contribution in [0.5, 0.6) is 0 Å². The fraction of sp³-hybridized carbons (Fsp3) is 0.312. The molecule has 0 saturated carbocycles. The van der Waals surface area contributed by atoms with Crippen LogP contribution in [0.3, 0.4) is 0 Å². The Morgan fingerprint density at radius 2 is 1.96 bits per heavy atom. The molecule has 1 aliphatic rings. The van der Waals surface area contributed by atoms with E-state index in [1.165, 1.54) is 6.07 Å². The first kappa shape index (κ1) is 15.9. The quantitative estimate of drug-likeness (QED) is 0.629. The monoisotopic (exact) mass is 327 g/mol. The van der Waals surface area contributed by atoms with Crippen molar-refractivity contribution in [2.45, 2.75) is 6.92 Å². The number of nitrogens with zero attached hydrogens (tertiary/aromatic N) is 5. The number of nitro groups is 1. The second-order valence-electron chi connectivity index (χ2n) is 5.57. The number of para-hydroxylation sites is 1. The lowest BCUT2D eigenvalue weighted by atomic mass is 10.1. The van der Waals surface area contributed by atoms with E-state index in [9.17, 15) is 14.9 Å². The van der Waals surface area contributed by atoms with E-state index >= 15 is 0 Å². The Hall–Kier alpha value is -3.03. The van der Waals surface area contributed by atoms with Crippen LogP contribution in [0.4, 0.5) is 11.5 Å². The summed E-state index contributed by atoms with van der Waals surface area (Å²) >= 11 is 0. The lowest BCUT2D eigenvalue weighted by Crippen LogP contribution is -2.49. The van der Waals surface area contributed by atoms with E-state index in [4.69, 9.17) is 0 Å². The first-order valence-electron chi connectivity index (χ1n) is 7.62. The lowest BCUT2D eigenvalue weighted by Gasteiger charge is -2.35. The summed E-state index contributed by atoms with van der Waals surface area (Å²) in [6.45, 7) is 3.84. The van der Waals surface area contributed by atoms with Gasteiger partial charge in [0.1, 0.15) is 11.4 Å². The van der Waals surface area contributed by atoms with E-state index in [0.717, 1.165) is 5.82 Å². The number of rotatable bonds is 3. The molecule has 0 radical (unpaired) electrons. The van der Waals surface area contributed by atoms with Gasteiger partial charge in [-0.25, -0.2) is 4.98 Å². The molecule has 2 heterocycles. The lowest BCUT2D eigenvalue weighted by molar-refractivity contribution is -0.385. The number of aromatic nitrogens is 2. The molecule has 8 heteroatoms. The summed E-state index contributed by atoms with van der Waals surface area (Å²) in [6.07, 6.45) is 4.92. The van der Waals surface area contributed by atoms with Crippen LogP contribution in [-0.2, 0) is 0 Å². The molecule has 1 aliphatic heterocycles. The number of aryl methyl sites for hydroxylation is 1. The number of anilines is 1. The van der Waals surface area contributed by atoms with E-state index in [2.05, 4.69) is 9.97 Å². The van der Waals surface area contributed by atoms with Crippen molar-refractivity contribution in [3.05, 3.63) is 58.0 Å². The number of nitro benzene ring substituents is 1. The SMILES string of the molecule is Cc1cccc(C(=O)N2CCN(c3cnccn3)CC2)c1[N+](=O)[O-]. The van der Waals surface area contributed by atoms with Gasteiger partial charge in [0.05, 0.1) is 11.1 Å². The van der Waals surface area contributed by atoms with Gasteiger partial charge in [0, 0.05) is 44.1 Å². The largest absolute Gasteiger partial charge is 0.352 e. The second kappa shape index (κ2) is 6.61. The third-order valence-corrected chi connectivity index (χ3v) is 4.09. The number of carbonyl (C=O) groups excluding carboxylic acids is 1. The molecule has 1 fully saturated rings. The van der Waals surface area contributed by atoms with Gasteiger partial charge in [-0.1, -0.05) is 12.1 Å². The Morgan fingerprint density at radius 1 is 1.21 bits per heavy atom. The van der Waals surface area contributed by atoms with Crippen LogP contribution in [-0.4, -0.2) is 51.9 Å². The van der Waals surface area contributed by atoms with Crippen LogP contribution >= 0.6 is 0 Å². The van der Waals surface area contributed by atoms with Crippen molar-refractivity contribution >= 4 is 17.4 Å². The normalized spacial score (nSPS) is 14.5. The molecule has 1 aromatic heterocycles. The van der Waals surface area contributed by atoms with Crippen molar-refractivity contribution in [1.29, 1.82) is 0 Å². The maximum Gasteiger partial charge on any atom is 0.285 e. The highest BCUT2D eigenvalue weighted by Gasteiger charge is 2.28. The van der Waals surface area contributed by atoms with Crippen molar-refractivity contribution in [2.75, 3.05) is 31.1 Å². The van der Waals surface area contributed by atoms with Crippen molar-refractivity contribution < 1.29 is 9.72 Å². The molecule has 0 spiro atoms. The highest BCUT2D eigenvalue weighted by atomic mass is 16.6. The maximum absolute atomic E-state index is 12.7. The molecule has 124 valence electrons. The Labute approximate surface area is 138 Å². The summed E-state index contributed by atoms with van der Waals surface area (Å²) in [4.78, 5) is 35.5. The Kier molecular flexibility index (Phi) is 4.37. The second-order valence-corrected chi connectivity index (χ2v) is 5.57. The summed E-state index contributed by atoms with van der Waals surface area (Å²) in [6, 6.07) is 4.83. The summed E-state index contributed by atoms with van der Waals surface area (Å²) in [5.41, 5.74) is 0.524. The minimum atomic E-state index is -0.488. The molecule has 0 unspecified atom stereocenters. The fourth-order valence-electron chi connectivity index (χ4n) is 2.84. The molecule has 2 aromatic rings. The predicted octanol–water partition coefficient (Wildman–Crippen LogP) is 1.66. The summed E-state index contributed by atoms with van der Waals surface area (Å²) in [5.74, 6) is 0.468. The van der Waals surface area contributed by atoms with E-state index in [1.807, 2.05) is 4.90 Å². The maximum atomic E-state index is 12.7. The van der Waals surface area contributed by atoms with Gasteiger partial charge in [0.2, 0.25) is 0 Å². The van der Waals surface area contributed by atoms with E-state index in [0.29, 0.717) is 31.7 Å². The Morgan fingerprint density at radius 3 is 2.58 bits per heavy atom. The average molecular weight is 327 g/mol. The molecule has 1 amide bonds. The molecule has 0 aliphatic carbocycles. The van der Waals surface area contributed by atoms with Crippen molar-refractivity contribution in [1.82, 2.24) is 14.9 Å². The highest BCUT2D eigenvalue weighted by Crippen LogP contribution is 2.25. The van der Waals surface area contributed by atoms with Gasteiger partial charge >= 0.3 is 0 Å².